The van der Waals surface area contributed by atoms with Crippen LogP contribution in [0.2, 0.25) is 0 Å². The van der Waals surface area contributed by atoms with Crippen LogP contribution < -0.4 is 15.5 Å². The van der Waals surface area contributed by atoms with Gasteiger partial charge in [-0.1, -0.05) is 6.07 Å². The van der Waals surface area contributed by atoms with Gasteiger partial charge in [0.2, 0.25) is 5.43 Å². The number of carbonyl (C=O) groups excluding carboxylic acids is 1. The zero-order valence-corrected chi connectivity index (χ0v) is 14.0. The third-order valence-corrected chi connectivity index (χ3v) is 4.80. The predicted octanol–water partition coefficient (Wildman–Crippen LogP) is 2.83. The number of amides is 1. The Kier molecular flexibility index (Phi) is 4.26. The van der Waals surface area contributed by atoms with Crippen LogP contribution >= 0.6 is 22.7 Å². The Hall–Kier alpha value is -2.45. The van der Waals surface area contributed by atoms with Gasteiger partial charge in [-0.15, -0.1) is 22.7 Å². The van der Waals surface area contributed by atoms with Crippen molar-refractivity contribution in [2.45, 2.75) is 0 Å². The first kappa shape index (κ1) is 15.4. The Morgan fingerprint density at radius 2 is 2.22 bits per heavy atom. The number of rotatable bonds is 4. The fourth-order valence-electron chi connectivity index (χ4n) is 2.01. The summed E-state index contributed by atoms with van der Waals surface area (Å²) < 4.78 is 6.49. The van der Waals surface area contributed by atoms with Crippen LogP contribution in [0.1, 0.15) is 10.5 Å². The number of pyridine rings is 1. The van der Waals surface area contributed by atoms with Crippen LogP contribution in [0, 0.1) is 0 Å². The largest absolute Gasteiger partial charge is 0.491 e. The molecule has 23 heavy (non-hydrogen) atoms. The topological polar surface area (TPSA) is 73.2 Å². The maximum Gasteiger partial charge on any atom is 0.274 e. The zero-order valence-electron chi connectivity index (χ0n) is 12.4. The van der Waals surface area contributed by atoms with Crippen molar-refractivity contribution in [2.75, 3.05) is 12.4 Å². The SMILES string of the molecule is COc1cn(C)c(C(=O)Nc2nc(-c3cccs3)cs2)cc1=O. The number of nitrogens with one attached hydrogen (secondary N) is 1. The second-order valence-corrected chi connectivity index (χ2v) is 6.48. The number of hydrogen-bond donors (Lipinski definition) is 1. The van der Waals surface area contributed by atoms with Gasteiger partial charge in [-0.05, 0) is 11.4 Å². The average molecular weight is 347 g/mol. The summed E-state index contributed by atoms with van der Waals surface area (Å²) in [7, 11) is 3.09. The van der Waals surface area contributed by atoms with E-state index in [1.54, 1.807) is 23.0 Å². The Morgan fingerprint density at radius 3 is 2.91 bits per heavy atom. The molecule has 1 amide bonds. The summed E-state index contributed by atoms with van der Waals surface area (Å²) in [5.74, 6) is -0.197. The first-order valence-electron chi connectivity index (χ1n) is 6.64. The molecule has 0 saturated heterocycles. The van der Waals surface area contributed by atoms with Crippen molar-refractivity contribution in [2.24, 2.45) is 7.05 Å². The van der Waals surface area contributed by atoms with E-state index in [1.807, 2.05) is 22.9 Å². The summed E-state index contributed by atoms with van der Waals surface area (Å²) >= 11 is 2.93. The second-order valence-electron chi connectivity index (χ2n) is 4.67. The maximum atomic E-state index is 12.3. The summed E-state index contributed by atoms with van der Waals surface area (Å²) in [6.07, 6.45) is 1.48. The molecule has 0 aromatic carbocycles. The van der Waals surface area contributed by atoms with Crippen molar-refractivity contribution in [1.29, 1.82) is 0 Å². The molecule has 6 nitrogen and oxygen atoms in total. The number of methoxy groups -OCH3 is 1. The minimum atomic E-state index is -0.390. The van der Waals surface area contributed by atoms with Crippen LogP contribution in [0.25, 0.3) is 10.6 Å². The molecule has 0 saturated carbocycles. The van der Waals surface area contributed by atoms with Crippen LogP contribution in [0.15, 0.2) is 40.0 Å². The van der Waals surface area contributed by atoms with E-state index in [0.29, 0.717) is 5.13 Å². The molecule has 3 heterocycles. The van der Waals surface area contributed by atoms with E-state index in [-0.39, 0.29) is 22.8 Å². The number of ether oxygens (including phenoxy) is 1. The molecular formula is C15H13N3O3S2. The summed E-state index contributed by atoms with van der Waals surface area (Å²) in [4.78, 5) is 29.6. The molecule has 0 aliphatic heterocycles. The van der Waals surface area contributed by atoms with E-state index >= 15 is 0 Å². The zero-order chi connectivity index (χ0) is 16.4. The van der Waals surface area contributed by atoms with Gasteiger partial charge < -0.3 is 9.30 Å². The monoisotopic (exact) mass is 347 g/mol. The highest BCUT2D eigenvalue weighted by Crippen LogP contribution is 2.28. The molecule has 0 aliphatic carbocycles. The number of carbonyl (C=O) groups is 1. The number of aromatic nitrogens is 2. The fourth-order valence-corrected chi connectivity index (χ4v) is 3.48. The quantitative estimate of drug-likeness (QED) is 0.788. The minimum absolute atomic E-state index is 0.193. The first-order valence-corrected chi connectivity index (χ1v) is 8.40. The average Bonchev–Trinajstić information content (AvgIpc) is 3.19. The lowest BCUT2D eigenvalue weighted by atomic mass is 10.3. The molecule has 0 radical (unpaired) electrons. The van der Waals surface area contributed by atoms with Gasteiger partial charge in [0.05, 0.1) is 23.9 Å². The van der Waals surface area contributed by atoms with Crippen molar-refractivity contribution in [3.05, 3.63) is 51.1 Å². The van der Waals surface area contributed by atoms with Crippen LogP contribution in [-0.2, 0) is 7.05 Å². The van der Waals surface area contributed by atoms with Crippen molar-refractivity contribution in [1.82, 2.24) is 9.55 Å². The van der Waals surface area contributed by atoms with Crippen LogP contribution in [0.5, 0.6) is 5.75 Å². The second kappa shape index (κ2) is 6.35. The van der Waals surface area contributed by atoms with Gasteiger partial charge in [0.1, 0.15) is 5.69 Å². The summed E-state index contributed by atoms with van der Waals surface area (Å²) in [6.45, 7) is 0. The molecule has 3 rings (SSSR count). The Labute approximate surface area is 140 Å². The third-order valence-electron chi connectivity index (χ3n) is 3.15. The standard InChI is InChI=1S/C15H13N3O3S2/c1-18-7-12(21-2)11(19)6-10(18)14(20)17-15-16-9(8-23-15)13-4-3-5-22-13/h3-8H,1-2H3,(H,16,17,20). The molecule has 3 aromatic heterocycles. The molecule has 0 fully saturated rings. The van der Waals surface area contributed by atoms with E-state index in [1.165, 1.54) is 30.7 Å². The number of aryl methyl sites for hydroxylation is 1. The lowest BCUT2D eigenvalue weighted by Gasteiger charge is -2.09. The number of nitrogens with zero attached hydrogens (tertiary/aromatic N) is 2. The van der Waals surface area contributed by atoms with Gasteiger partial charge in [-0.25, -0.2) is 4.98 Å². The lowest BCUT2D eigenvalue weighted by molar-refractivity contribution is 0.101. The highest BCUT2D eigenvalue weighted by atomic mass is 32.1. The highest BCUT2D eigenvalue weighted by molar-refractivity contribution is 7.16. The van der Waals surface area contributed by atoms with Gasteiger partial charge in [0, 0.05) is 18.5 Å². The molecule has 0 bridgehead atoms. The van der Waals surface area contributed by atoms with Gasteiger partial charge in [0.15, 0.2) is 10.9 Å². The number of anilines is 1. The summed E-state index contributed by atoms with van der Waals surface area (Å²) in [5, 5.41) is 7.06. The smallest absolute Gasteiger partial charge is 0.274 e. The lowest BCUT2D eigenvalue weighted by Crippen LogP contribution is -2.21. The van der Waals surface area contributed by atoms with E-state index < -0.39 is 0 Å². The van der Waals surface area contributed by atoms with E-state index in [2.05, 4.69) is 10.3 Å². The normalized spacial score (nSPS) is 10.5. The van der Waals surface area contributed by atoms with Crippen molar-refractivity contribution in [3.63, 3.8) is 0 Å². The molecule has 118 valence electrons. The van der Waals surface area contributed by atoms with Crippen molar-refractivity contribution < 1.29 is 9.53 Å². The van der Waals surface area contributed by atoms with Crippen molar-refractivity contribution >= 4 is 33.7 Å². The number of thiazole rings is 1. The Bertz CT molecular complexity index is 897. The van der Waals surface area contributed by atoms with Gasteiger partial charge in [0.25, 0.3) is 5.91 Å². The summed E-state index contributed by atoms with van der Waals surface area (Å²) in [6, 6.07) is 5.17. The highest BCUT2D eigenvalue weighted by Gasteiger charge is 2.14. The van der Waals surface area contributed by atoms with Gasteiger partial charge >= 0.3 is 0 Å². The molecule has 0 spiro atoms. The molecule has 0 unspecified atom stereocenters. The van der Waals surface area contributed by atoms with Crippen LogP contribution in [0.4, 0.5) is 5.13 Å². The van der Waals surface area contributed by atoms with Crippen LogP contribution in [0.3, 0.4) is 0 Å². The maximum absolute atomic E-state index is 12.3. The molecule has 0 atom stereocenters. The Balaban J connectivity index is 1.82. The van der Waals surface area contributed by atoms with Crippen molar-refractivity contribution in [3.8, 4) is 16.3 Å². The van der Waals surface area contributed by atoms with Gasteiger partial charge in [-0.2, -0.15) is 0 Å². The first-order chi connectivity index (χ1) is 11.1. The fraction of sp³-hybridized carbons (Fsp3) is 0.133. The molecular weight excluding hydrogens is 334 g/mol. The van der Waals surface area contributed by atoms with Gasteiger partial charge in [-0.3, -0.25) is 14.9 Å². The molecule has 3 aromatic rings. The number of thiophene rings is 1. The third kappa shape index (κ3) is 3.17. The molecule has 1 N–H and O–H groups in total. The number of hydrogen-bond acceptors (Lipinski definition) is 6. The Morgan fingerprint density at radius 1 is 1.39 bits per heavy atom. The minimum Gasteiger partial charge on any atom is -0.491 e. The summed E-state index contributed by atoms with van der Waals surface area (Å²) in [5.41, 5.74) is 0.724. The van der Waals surface area contributed by atoms with E-state index in [0.717, 1.165) is 10.6 Å². The van der Waals surface area contributed by atoms with E-state index in [4.69, 9.17) is 4.74 Å². The molecule has 0 aliphatic rings. The molecule has 8 heteroatoms. The predicted molar refractivity (Wildman–Crippen MR) is 91.6 cm³/mol. The van der Waals surface area contributed by atoms with Crippen LogP contribution in [-0.4, -0.2) is 22.6 Å². The van der Waals surface area contributed by atoms with E-state index in [9.17, 15) is 9.59 Å².